The van der Waals surface area contributed by atoms with E-state index in [1.165, 1.54) is 11.3 Å². The number of nitrogens with zero attached hydrogens (tertiary/aromatic N) is 2. The fourth-order valence-corrected chi connectivity index (χ4v) is 2.56. The second-order valence-corrected chi connectivity index (χ2v) is 5.65. The van der Waals surface area contributed by atoms with Crippen molar-refractivity contribution in [3.05, 3.63) is 23.3 Å². The summed E-state index contributed by atoms with van der Waals surface area (Å²) in [6.45, 7) is 5.43. The summed E-state index contributed by atoms with van der Waals surface area (Å²) < 4.78 is 7.35. The summed E-state index contributed by atoms with van der Waals surface area (Å²) in [5, 5.41) is 13.9. The van der Waals surface area contributed by atoms with Crippen LogP contribution < -0.4 is 5.32 Å². The van der Waals surface area contributed by atoms with Crippen LogP contribution in [0.1, 0.15) is 26.0 Å². The number of fused-ring (bicyclic) bond motifs is 1. The Bertz CT molecular complexity index is 630. The van der Waals surface area contributed by atoms with E-state index in [0.29, 0.717) is 12.4 Å². The maximum Gasteiger partial charge on any atom is 0.328 e. The minimum Gasteiger partial charge on any atom is -0.478 e. The van der Waals surface area contributed by atoms with Crippen LogP contribution in [-0.2, 0) is 9.53 Å². The number of hydrogen-bond donors (Lipinski definition) is 2. The molecule has 0 atom stereocenters. The average molecular weight is 309 g/mol. The highest BCUT2D eigenvalue weighted by Gasteiger charge is 2.10. The lowest BCUT2D eigenvalue weighted by Crippen LogP contribution is -2.10. The molecule has 0 radical (unpaired) electrons. The molecule has 2 rings (SSSR count). The minimum atomic E-state index is -0.975. The van der Waals surface area contributed by atoms with E-state index in [4.69, 9.17) is 9.84 Å². The third kappa shape index (κ3) is 4.30. The molecule has 2 aromatic rings. The summed E-state index contributed by atoms with van der Waals surface area (Å²) >= 11 is 1.51. The van der Waals surface area contributed by atoms with Crippen LogP contribution in [0.25, 0.3) is 11.0 Å². The molecule has 0 unspecified atom stereocenters. The highest BCUT2D eigenvalue weighted by atomic mass is 32.1. The van der Waals surface area contributed by atoms with E-state index in [0.717, 1.165) is 29.7 Å². The highest BCUT2D eigenvalue weighted by Crippen LogP contribution is 2.22. The summed E-state index contributed by atoms with van der Waals surface area (Å²) in [4.78, 5) is 16.0. The molecule has 0 fully saturated rings. The highest BCUT2D eigenvalue weighted by molar-refractivity contribution is 7.15. The van der Waals surface area contributed by atoms with Crippen LogP contribution in [0, 0.1) is 0 Å². The van der Waals surface area contributed by atoms with Gasteiger partial charge in [-0.1, -0.05) is 0 Å². The van der Waals surface area contributed by atoms with Crippen molar-refractivity contribution in [3.63, 3.8) is 0 Å². The predicted octanol–water partition coefficient (Wildman–Crippen LogP) is 2.72. The molecule has 2 heterocycles. The smallest absolute Gasteiger partial charge is 0.328 e. The lowest BCUT2D eigenvalue weighted by Gasteiger charge is -2.08. The van der Waals surface area contributed by atoms with E-state index in [1.807, 2.05) is 29.8 Å². The maximum atomic E-state index is 10.7. The molecule has 2 aromatic heterocycles. The van der Waals surface area contributed by atoms with E-state index < -0.39 is 5.97 Å². The summed E-state index contributed by atoms with van der Waals surface area (Å²) in [6, 6.07) is 0. The zero-order chi connectivity index (χ0) is 15.2. The monoisotopic (exact) mass is 309 g/mol. The standard InChI is InChI=1S/C14H19N3O3S/c1-10(2)20-8-3-6-15-13-11(4-5-12(18)19)17-7-9-21-14(17)16-13/h4-5,7,9-10,15H,3,6,8H2,1-2H3,(H,18,19). The fraction of sp³-hybridized carbons (Fsp3) is 0.429. The van der Waals surface area contributed by atoms with Crippen LogP contribution in [0.4, 0.5) is 5.82 Å². The van der Waals surface area contributed by atoms with Crippen LogP contribution in [0.3, 0.4) is 0 Å². The van der Waals surface area contributed by atoms with E-state index in [2.05, 4.69) is 10.3 Å². The summed E-state index contributed by atoms with van der Waals surface area (Å²) in [6.07, 6.45) is 5.65. The predicted molar refractivity (Wildman–Crippen MR) is 83.9 cm³/mol. The molecule has 0 saturated carbocycles. The summed E-state index contributed by atoms with van der Waals surface area (Å²) in [7, 11) is 0. The first-order chi connectivity index (χ1) is 10.1. The zero-order valence-electron chi connectivity index (χ0n) is 12.1. The van der Waals surface area contributed by atoms with Crippen molar-refractivity contribution < 1.29 is 14.6 Å². The second-order valence-electron chi connectivity index (χ2n) is 4.77. The Morgan fingerprint density at radius 3 is 3.14 bits per heavy atom. The fourth-order valence-electron chi connectivity index (χ4n) is 1.84. The number of nitrogens with one attached hydrogen (secondary N) is 1. The molecule has 0 aliphatic rings. The quantitative estimate of drug-likeness (QED) is 0.579. The summed E-state index contributed by atoms with van der Waals surface area (Å²) in [5.74, 6) is -0.277. The van der Waals surface area contributed by atoms with Gasteiger partial charge >= 0.3 is 5.97 Å². The van der Waals surface area contributed by atoms with Gasteiger partial charge in [0.05, 0.1) is 11.8 Å². The number of rotatable bonds is 8. The number of imidazole rings is 1. The van der Waals surface area contributed by atoms with Crippen LogP contribution >= 0.6 is 11.3 Å². The van der Waals surface area contributed by atoms with Crippen molar-refractivity contribution in [1.29, 1.82) is 0 Å². The molecule has 0 amide bonds. The van der Waals surface area contributed by atoms with Crippen molar-refractivity contribution in [2.24, 2.45) is 0 Å². The van der Waals surface area contributed by atoms with Crippen LogP contribution in [0.15, 0.2) is 17.7 Å². The molecule has 21 heavy (non-hydrogen) atoms. The van der Waals surface area contributed by atoms with E-state index in [-0.39, 0.29) is 6.10 Å². The van der Waals surface area contributed by atoms with Crippen LogP contribution in [0.2, 0.25) is 0 Å². The Morgan fingerprint density at radius 1 is 1.62 bits per heavy atom. The third-order valence-corrected chi connectivity index (χ3v) is 3.50. The Hall–Kier alpha value is -1.86. The average Bonchev–Trinajstić information content (AvgIpc) is 2.96. The van der Waals surface area contributed by atoms with Gasteiger partial charge in [-0.05, 0) is 26.3 Å². The minimum absolute atomic E-state index is 0.233. The first-order valence-corrected chi connectivity index (χ1v) is 7.68. The van der Waals surface area contributed by atoms with Gasteiger partial charge in [-0.2, -0.15) is 0 Å². The zero-order valence-corrected chi connectivity index (χ0v) is 12.9. The van der Waals surface area contributed by atoms with Crippen molar-refractivity contribution >= 4 is 34.2 Å². The van der Waals surface area contributed by atoms with Gasteiger partial charge < -0.3 is 15.2 Å². The molecule has 0 saturated heterocycles. The van der Waals surface area contributed by atoms with Crippen molar-refractivity contribution in [2.75, 3.05) is 18.5 Å². The number of carboxylic acids is 1. The van der Waals surface area contributed by atoms with Gasteiger partial charge in [0.25, 0.3) is 0 Å². The van der Waals surface area contributed by atoms with E-state index in [9.17, 15) is 4.79 Å². The first kappa shape index (κ1) is 15.5. The number of ether oxygens (including phenoxy) is 1. The summed E-state index contributed by atoms with van der Waals surface area (Å²) in [5.41, 5.74) is 0.749. The topological polar surface area (TPSA) is 75.9 Å². The number of anilines is 1. The Labute approximate surface area is 127 Å². The molecule has 0 spiro atoms. The number of carbonyl (C=O) groups is 1. The van der Waals surface area contributed by atoms with Crippen LogP contribution in [-0.4, -0.2) is 39.7 Å². The van der Waals surface area contributed by atoms with Gasteiger partial charge in [0.15, 0.2) is 10.8 Å². The molecular weight excluding hydrogens is 290 g/mol. The molecule has 6 nitrogen and oxygen atoms in total. The maximum absolute atomic E-state index is 10.7. The second kappa shape index (κ2) is 7.24. The van der Waals surface area contributed by atoms with Crippen molar-refractivity contribution in [2.45, 2.75) is 26.4 Å². The van der Waals surface area contributed by atoms with Crippen molar-refractivity contribution in [3.8, 4) is 0 Å². The molecule has 0 aromatic carbocycles. The van der Waals surface area contributed by atoms with E-state index >= 15 is 0 Å². The van der Waals surface area contributed by atoms with Gasteiger partial charge in [-0.15, -0.1) is 11.3 Å². The molecule has 2 N–H and O–H groups in total. The van der Waals surface area contributed by atoms with Gasteiger partial charge in [-0.3, -0.25) is 4.40 Å². The number of hydrogen-bond acceptors (Lipinski definition) is 5. The molecule has 114 valence electrons. The molecule has 0 aliphatic heterocycles. The van der Waals surface area contributed by atoms with Crippen molar-refractivity contribution in [1.82, 2.24) is 9.38 Å². The molecule has 7 heteroatoms. The lowest BCUT2D eigenvalue weighted by atomic mass is 10.3. The Kier molecular flexibility index (Phi) is 5.35. The Morgan fingerprint density at radius 2 is 2.43 bits per heavy atom. The largest absolute Gasteiger partial charge is 0.478 e. The number of thiazole rings is 1. The van der Waals surface area contributed by atoms with Gasteiger partial charge in [-0.25, -0.2) is 9.78 Å². The first-order valence-electron chi connectivity index (χ1n) is 6.80. The van der Waals surface area contributed by atoms with Gasteiger partial charge in [0.2, 0.25) is 0 Å². The molecular formula is C14H19N3O3S. The molecule has 0 aliphatic carbocycles. The lowest BCUT2D eigenvalue weighted by molar-refractivity contribution is -0.131. The number of aliphatic carboxylic acids is 1. The normalized spacial score (nSPS) is 11.8. The molecule has 0 bridgehead atoms. The van der Waals surface area contributed by atoms with Gasteiger partial charge in [0, 0.05) is 30.8 Å². The number of carboxylic acid groups (broad SMARTS) is 1. The number of aromatic nitrogens is 2. The third-order valence-electron chi connectivity index (χ3n) is 2.75. The van der Waals surface area contributed by atoms with Gasteiger partial charge in [0.1, 0.15) is 0 Å². The van der Waals surface area contributed by atoms with E-state index in [1.54, 1.807) is 6.08 Å². The SMILES string of the molecule is CC(C)OCCCNc1nc2sccn2c1C=CC(=O)O. The Balaban J connectivity index is 2.02. The van der Waals surface area contributed by atoms with Crippen LogP contribution in [0.5, 0.6) is 0 Å².